The second-order valence-corrected chi connectivity index (χ2v) is 3.46. The molecule has 0 amide bonds. The number of Topliss-reactive ketones (excluding diaryl/α,β-unsaturated/α-hetero) is 1. The zero-order chi connectivity index (χ0) is 8.81. The molecule has 1 aliphatic rings. The molecule has 0 spiro atoms. The molecule has 0 aromatic heterocycles. The van der Waals surface area contributed by atoms with Crippen LogP contribution in [0.2, 0.25) is 0 Å². The highest BCUT2D eigenvalue weighted by Crippen LogP contribution is 2.38. The second kappa shape index (κ2) is 2.08. The number of hydrogen-bond donors (Lipinski definition) is 2. The lowest BCUT2D eigenvalue weighted by Crippen LogP contribution is -2.31. The summed E-state index contributed by atoms with van der Waals surface area (Å²) in [5, 5.41) is 18.7. The first-order valence-corrected chi connectivity index (χ1v) is 3.51. The van der Waals surface area contributed by atoms with Gasteiger partial charge in [-0.15, -0.1) is 0 Å². The molecule has 0 saturated heterocycles. The molecular weight excluding hydrogens is 144 g/mol. The predicted molar refractivity (Wildman–Crippen MR) is 40.1 cm³/mol. The largest absolute Gasteiger partial charge is 0.511 e. The molecule has 1 aliphatic carbocycles. The van der Waals surface area contributed by atoms with Crippen LogP contribution in [0.1, 0.15) is 20.8 Å². The van der Waals surface area contributed by atoms with Gasteiger partial charge >= 0.3 is 0 Å². The molecular formula is C8H12O3. The van der Waals surface area contributed by atoms with E-state index >= 15 is 0 Å². The van der Waals surface area contributed by atoms with Gasteiger partial charge in [-0.2, -0.15) is 0 Å². The number of ketones is 1. The fourth-order valence-electron chi connectivity index (χ4n) is 1.26. The highest BCUT2D eigenvalue weighted by molar-refractivity contribution is 6.02. The molecule has 0 radical (unpaired) electrons. The van der Waals surface area contributed by atoms with Gasteiger partial charge in [-0.3, -0.25) is 4.79 Å². The number of aliphatic hydroxyl groups excluding tert-OH is 2. The minimum atomic E-state index is -1.08. The molecule has 62 valence electrons. The van der Waals surface area contributed by atoms with Gasteiger partial charge in [0.25, 0.3) is 0 Å². The van der Waals surface area contributed by atoms with Crippen molar-refractivity contribution in [3.05, 3.63) is 11.3 Å². The maximum Gasteiger partial charge on any atom is 0.191 e. The molecule has 0 aliphatic heterocycles. The summed E-state index contributed by atoms with van der Waals surface area (Å²) in [5.74, 6) is -0.359. The molecule has 3 heteroatoms. The molecule has 0 saturated carbocycles. The Morgan fingerprint density at radius 3 is 2.00 bits per heavy atom. The van der Waals surface area contributed by atoms with Crippen molar-refractivity contribution in [3.8, 4) is 0 Å². The summed E-state index contributed by atoms with van der Waals surface area (Å²) in [6.45, 7) is 4.80. The molecule has 2 N–H and O–H groups in total. The zero-order valence-corrected chi connectivity index (χ0v) is 6.88. The van der Waals surface area contributed by atoms with Gasteiger partial charge in [-0.1, -0.05) is 0 Å². The smallest absolute Gasteiger partial charge is 0.191 e. The Kier molecular flexibility index (Phi) is 1.56. The van der Waals surface area contributed by atoms with Crippen LogP contribution in [0.4, 0.5) is 0 Å². The van der Waals surface area contributed by atoms with Gasteiger partial charge in [0.15, 0.2) is 5.78 Å². The van der Waals surface area contributed by atoms with E-state index in [1.54, 1.807) is 13.8 Å². The van der Waals surface area contributed by atoms with Crippen molar-refractivity contribution < 1.29 is 15.0 Å². The Bertz CT molecular complexity index is 238. The number of carbonyl (C=O) groups excluding carboxylic acids is 1. The van der Waals surface area contributed by atoms with Crippen LogP contribution in [0.3, 0.4) is 0 Å². The second-order valence-electron chi connectivity index (χ2n) is 3.46. The van der Waals surface area contributed by atoms with Gasteiger partial charge < -0.3 is 10.2 Å². The summed E-state index contributed by atoms with van der Waals surface area (Å²) in [5.41, 5.74) is -0.524. The molecule has 0 aromatic carbocycles. The van der Waals surface area contributed by atoms with E-state index in [1.165, 1.54) is 6.92 Å². The van der Waals surface area contributed by atoms with E-state index in [9.17, 15) is 15.0 Å². The van der Waals surface area contributed by atoms with Gasteiger partial charge in [0.2, 0.25) is 0 Å². The first-order chi connectivity index (χ1) is 4.89. The Morgan fingerprint density at radius 2 is 1.91 bits per heavy atom. The number of carbonyl (C=O) groups is 1. The van der Waals surface area contributed by atoms with Crippen LogP contribution in [-0.2, 0) is 4.79 Å². The molecule has 1 unspecified atom stereocenters. The van der Waals surface area contributed by atoms with E-state index < -0.39 is 11.5 Å². The SMILES string of the molecule is CC1=C(O)C(C)(C)C(O)C1=O. The minimum absolute atomic E-state index is 0.00926. The molecule has 0 aromatic rings. The quantitative estimate of drug-likeness (QED) is 0.545. The Labute approximate surface area is 65.3 Å². The molecule has 3 nitrogen and oxygen atoms in total. The molecule has 1 rings (SSSR count). The van der Waals surface area contributed by atoms with Crippen molar-refractivity contribution in [1.82, 2.24) is 0 Å². The third kappa shape index (κ3) is 0.878. The third-order valence-electron chi connectivity index (χ3n) is 2.27. The van der Waals surface area contributed by atoms with Crippen molar-refractivity contribution in [2.75, 3.05) is 0 Å². The Hall–Kier alpha value is -0.830. The van der Waals surface area contributed by atoms with Crippen LogP contribution in [0.15, 0.2) is 11.3 Å². The fourth-order valence-corrected chi connectivity index (χ4v) is 1.26. The highest BCUT2D eigenvalue weighted by Gasteiger charge is 2.45. The third-order valence-corrected chi connectivity index (χ3v) is 2.27. The topological polar surface area (TPSA) is 57.5 Å². The first kappa shape index (κ1) is 8.27. The molecule has 0 fully saturated rings. The van der Waals surface area contributed by atoms with Crippen molar-refractivity contribution in [3.63, 3.8) is 0 Å². The lowest BCUT2D eigenvalue weighted by atomic mass is 9.88. The lowest BCUT2D eigenvalue weighted by Gasteiger charge is -2.21. The first-order valence-electron chi connectivity index (χ1n) is 3.51. The van der Waals surface area contributed by atoms with Gasteiger partial charge in [0, 0.05) is 5.57 Å². The fraction of sp³-hybridized carbons (Fsp3) is 0.625. The van der Waals surface area contributed by atoms with Crippen molar-refractivity contribution in [2.45, 2.75) is 26.9 Å². The predicted octanol–water partition coefficient (Wildman–Crippen LogP) is 0.788. The highest BCUT2D eigenvalue weighted by atomic mass is 16.3. The molecule has 0 bridgehead atoms. The maximum absolute atomic E-state index is 11.1. The average molecular weight is 156 g/mol. The van der Waals surface area contributed by atoms with Crippen LogP contribution < -0.4 is 0 Å². The molecule has 0 heterocycles. The average Bonchev–Trinajstić information content (AvgIpc) is 2.06. The van der Waals surface area contributed by atoms with Crippen LogP contribution in [0, 0.1) is 5.41 Å². The van der Waals surface area contributed by atoms with Crippen molar-refractivity contribution >= 4 is 5.78 Å². The number of rotatable bonds is 0. The summed E-state index contributed by atoms with van der Waals surface area (Å²) in [4.78, 5) is 11.1. The van der Waals surface area contributed by atoms with Gasteiger partial charge in [0.05, 0.1) is 5.41 Å². The van der Waals surface area contributed by atoms with E-state index in [0.717, 1.165) is 0 Å². The van der Waals surface area contributed by atoms with Crippen LogP contribution in [0.5, 0.6) is 0 Å². The van der Waals surface area contributed by atoms with E-state index in [2.05, 4.69) is 0 Å². The van der Waals surface area contributed by atoms with Crippen LogP contribution >= 0.6 is 0 Å². The molecule has 11 heavy (non-hydrogen) atoms. The van der Waals surface area contributed by atoms with Crippen molar-refractivity contribution in [1.29, 1.82) is 0 Å². The number of aliphatic hydroxyl groups is 2. The minimum Gasteiger partial charge on any atom is -0.511 e. The summed E-state index contributed by atoms with van der Waals surface area (Å²) >= 11 is 0. The number of hydrogen-bond acceptors (Lipinski definition) is 3. The van der Waals surface area contributed by atoms with Crippen LogP contribution in [-0.4, -0.2) is 22.1 Å². The van der Waals surface area contributed by atoms with Crippen molar-refractivity contribution in [2.24, 2.45) is 5.41 Å². The lowest BCUT2D eigenvalue weighted by molar-refractivity contribution is -0.125. The summed E-state index contributed by atoms with van der Waals surface area (Å²) < 4.78 is 0. The summed E-state index contributed by atoms with van der Waals surface area (Å²) in [7, 11) is 0. The Morgan fingerprint density at radius 1 is 1.45 bits per heavy atom. The van der Waals surface area contributed by atoms with Crippen LogP contribution in [0.25, 0.3) is 0 Å². The van der Waals surface area contributed by atoms with E-state index in [0.29, 0.717) is 0 Å². The standard InChI is InChI=1S/C8H12O3/c1-4-5(9)7(11)8(2,3)6(4)10/h7,10-11H,1-3H3. The molecule has 1 atom stereocenters. The van der Waals surface area contributed by atoms with E-state index in [1.807, 2.05) is 0 Å². The Balaban J connectivity index is 3.16. The maximum atomic E-state index is 11.1. The normalized spacial score (nSPS) is 29.8. The van der Waals surface area contributed by atoms with E-state index in [-0.39, 0.29) is 17.1 Å². The van der Waals surface area contributed by atoms with E-state index in [4.69, 9.17) is 0 Å². The zero-order valence-electron chi connectivity index (χ0n) is 6.88. The monoisotopic (exact) mass is 156 g/mol. The summed E-state index contributed by atoms with van der Waals surface area (Å²) in [6.07, 6.45) is -1.08. The summed E-state index contributed by atoms with van der Waals surface area (Å²) in [6, 6.07) is 0. The van der Waals surface area contributed by atoms with Gasteiger partial charge in [0.1, 0.15) is 11.9 Å². The van der Waals surface area contributed by atoms with Gasteiger partial charge in [-0.25, -0.2) is 0 Å². The van der Waals surface area contributed by atoms with Gasteiger partial charge in [-0.05, 0) is 20.8 Å².